The van der Waals surface area contributed by atoms with Crippen molar-refractivity contribution in [3.8, 4) is 39.1 Å². The number of para-hydroxylation sites is 1. The number of allylic oxidation sites excluding steroid dienone is 3. The lowest BCUT2D eigenvalue weighted by Gasteiger charge is -2.12. The first-order valence-corrected chi connectivity index (χ1v) is 16.1. The van der Waals surface area contributed by atoms with Gasteiger partial charge >= 0.3 is 0 Å². The predicted octanol–water partition coefficient (Wildman–Crippen LogP) is 11.8. The van der Waals surface area contributed by atoms with Crippen molar-refractivity contribution in [1.82, 2.24) is 4.57 Å². The van der Waals surface area contributed by atoms with Gasteiger partial charge in [-0.3, -0.25) is 0 Å². The molecule has 0 unspecified atom stereocenters. The van der Waals surface area contributed by atoms with Gasteiger partial charge in [0.25, 0.3) is 0 Å². The van der Waals surface area contributed by atoms with Gasteiger partial charge < -0.3 is 10.3 Å². The maximum atomic E-state index is 6.38. The molecular weight excluding hydrogens is 569 g/mol. The summed E-state index contributed by atoms with van der Waals surface area (Å²) in [5.74, 6) is 0. The molecule has 2 heteroatoms. The van der Waals surface area contributed by atoms with E-state index in [9.17, 15) is 0 Å². The molecule has 0 saturated heterocycles. The van der Waals surface area contributed by atoms with E-state index in [0.29, 0.717) is 0 Å². The van der Waals surface area contributed by atoms with Crippen molar-refractivity contribution >= 4 is 38.3 Å². The molecular formula is C45H34N2. The Hall–Kier alpha value is -6.12. The van der Waals surface area contributed by atoms with Gasteiger partial charge in [-0.15, -0.1) is 0 Å². The Morgan fingerprint density at radius 2 is 1.09 bits per heavy atom. The summed E-state index contributed by atoms with van der Waals surface area (Å²) < 4.78 is 2.43. The molecule has 224 valence electrons. The first-order valence-electron chi connectivity index (χ1n) is 16.1. The van der Waals surface area contributed by atoms with Crippen LogP contribution in [0.2, 0.25) is 0 Å². The molecule has 8 rings (SSSR count). The van der Waals surface area contributed by atoms with Crippen molar-refractivity contribution in [3.63, 3.8) is 0 Å². The minimum atomic E-state index is 0.756. The molecule has 0 amide bonds. The summed E-state index contributed by atoms with van der Waals surface area (Å²) in [6, 6.07) is 56.9. The van der Waals surface area contributed by atoms with Crippen molar-refractivity contribution in [2.75, 3.05) is 0 Å². The Bertz CT molecular complexity index is 2450. The summed E-state index contributed by atoms with van der Waals surface area (Å²) in [7, 11) is 0. The van der Waals surface area contributed by atoms with E-state index in [4.69, 9.17) is 5.73 Å². The van der Waals surface area contributed by atoms with Gasteiger partial charge in [0.05, 0.1) is 11.0 Å². The quantitative estimate of drug-likeness (QED) is 0.189. The molecule has 0 aliphatic heterocycles. The number of fused-ring (bicyclic) bond motifs is 5. The van der Waals surface area contributed by atoms with Crippen LogP contribution in [0.4, 0.5) is 0 Å². The highest BCUT2D eigenvalue weighted by molar-refractivity contribution is 6.19. The third-order valence-electron chi connectivity index (χ3n) is 9.08. The Morgan fingerprint density at radius 1 is 0.511 bits per heavy atom. The first-order chi connectivity index (χ1) is 23.2. The summed E-state index contributed by atoms with van der Waals surface area (Å²) in [6.07, 6.45) is 5.91. The van der Waals surface area contributed by atoms with Crippen molar-refractivity contribution < 1.29 is 0 Å². The molecule has 2 N–H and O–H groups in total. The Balaban J connectivity index is 1.28. The number of hydrogen-bond donors (Lipinski definition) is 1. The lowest BCUT2D eigenvalue weighted by atomic mass is 9.97. The molecule has 0 aliphatic carbocycles. The van der Waals surface area contributed by atoms with Gasteiger partial charge in [-0.25, -0.2) is 0 Å². The van der Waals surface area contributed by atoms with Gasteiger partial charge in [0.15, 0.2) is 0 Å². The molecule has 0 atom stereocenters. The molecule has 0 radical (unpaired) electrons. The number of hydrogen-bond acceptors (Lipinski definition) is 1. The first kappa shape index (κ1) is 28.4. The zero-order chi connectivity index (χ0) is 31.7. The standard InChI is InChI=1S/C45H34N2/c1-2-3-17-43(46)38-14-10-13-34(29-38)35-22-25-40-37(28-35)24-27-42-41-26-23-36(30-44(41)47(45(40)42)39-15-8-5-9-16-39)33-20-18-32(19-21-33)31-11-6-4-7-12-31/h2-30H,46H2,1H3/b3-2-,43-17-. The topological polar surface area (TPSA) is 30.9 Å². The largest absolute Gasteiger partial charge is 0.398 e. The smallest absolute Gasteiger partial charge is 0.0619 e. The minimum absolute atomic E-state index is 0.756. The fourth-order valence-corrected chi connectivity index (χ4v) is 6.70. The van der Waals surface area contributed by atoms with Crippen LogP contribution >= 0.6 is 0 Å². The van der Waals surface area contributed by atoms with E-state index in [0.717, 1.165) is 22.5 Å². The molecule has 2 nitrogen and oxygen atoms in total. The fraction of sp³-hybridized carbons (Fsp3) is 0.0222. The van der Waals surface area contributed by atoms with E-state index in [1.165, 1.54) is 60.4 Å². The zero-order valence-corrected chi connectivity index (χ0v) is 26.3. The molecule has 0 fully saturated rings. The van der Waals surface area contributed by atoms with Crippen LogP contribution in [0.3, 0.4) is 0 Å². The van der Waals surface area contributed by atoms with Gasteiger partial charge in [0.2, 0.25) is 0 Å². The van der Waals surface area contributed by atoms with Crippen molar-refractivity contribution in [3.05, 3.63) is 182 Å². The van der Waals surface area contributed by atoms with Gasteiger partial charge in [-0.05, 0) is 87.7 Å². The molecule has 1 heterocycles. The summed E-state index contributed by atoms with van der Waals surface area (Å²) >= 11 is 0. The van der Waals surface area contributed by atoms with E-state index in [2.05, 4.69) is 162 Å². The average molecular weight is 603 g/mol. The predicted molar refractivity (Wildman–Crippen MR) is 202 cm³/mol. The molecule has 1 aromatic heterocycles. The highest BCUT2D eigenvalue weighted by Gasteiger charge is 2.16. The van der Waals surface area contributed by atoms with Gasteiger partial charge in [-0.2, -0.15) is 0 Å². The summed E-state index contributed by atoms with van der Waals surface area (Å²) in [5, 5.41) is 4.92. The van der Waals surface area contributed by atoms with E-state index in [-0.39, 0.29) is 0 Å². The minimum Gasteiger partial charge on any atom is -0.398 e. The summed E-state index contributed by atoms with van der Waals surface area (Å²) in [6.45, 7) is 1.99. The van der Waals surface area contributed by atoms with Crippen molar-refractivity contribution in [2.24, 2.45) is 5.73 Å². The average Bonchev–Trinajstić information content (AvgIpc) is 3.48. The number of benzene rings is 7. The lowest BCUT2D eigenvalue weighted by Crippen LogP contribution is -1.96. The highest BCUT2D eigenvalue weighted by Crippen LogP contribution is 2.39. The van der Waals surface area contributed by atoms with Crippen LogP contribution in [0.1, 0.15) is 12.5 Å². The molecule has 8 aromatic rings. The zero-order valence-electron chi connectivity index (χ0n) is 26.3. The Morgan fingerprint density at radius 3 is 1.83 bits per heavy atom. The molecule has 0 spiro atoms. The van der Waals surface area contributed by atoms with Crippen molar-refractivity contribution in [1.29, 1.82) is 0 Å². The maximum absolute atomic E-state index is 6.38. The van der Waals surface area contributed by atoms with Gasteiger partial charge in [0, 0.05) is 27.5 Å². The van der Waals surface area contributed by atoms with Gasteiger partial charge in [0.1, 0.15) is 0 Å². The third-order valence-corrected chi connectivity index (χ3v) is 9.08. The normalized spacial score (nSPS) is 12.1. The van der Waals surface area contributed by atoms with Crippen molar-refractivity contribution in [2.45, 2.75) is 6.92 Å². The monoisotopic (exact) mass is 602 g/mol. The second-order valence-electron chi connectivity index (χ2n) is 12.0. The van der Waals surface area contributed by atoms with Crippen LogP contribution in [0.5, 0.6) is 0 Å². The number of nitrogens with zero attached hydrogens (tertiary/aromatic N) is 1. The van der Waals surface area contributed by atoms with Crippen LogP contribution < -0.4 is 5.73 Å². The Kier molecular flexibility index (Phi) is 7.24. The van der Waals surface area contributed by atoms with E-state index < -0.39 is 0 Å². The number of aromatic nitrogens is 1. The third kappa shape index (κ3) is 5.20. The van der Waals surface area contributed by atoms with E-state index in [1.807, 2.05) is 25.2 Å². The van der Waals surface area contributed by atoms with Gasteiger partial charge in [-0.1, -0.05) is 140 Å². The summed E-state index contributed by atoms with van der Waals surface area (Å²) in [4.78, 5) is 0. The van der Waals surface area contributed by atoms with Crippen LogP contribution in [0, 0.1) is 0 Å². The molecule has 0 saturated carbocycles. The maximum Gasteiger partial charge on any atom is 0.0619 e. The summed E-state index contributed by atoms with van der Waals surface area (Å²) in [5.41, 5.74) is 18.9. The molecule has 0 bridgehead atoms. The number of rotatable bonds is 6. The van der Waals surface area contributed by atoms with E-state index >= 15 is 0 Å². The Labute approximate surface area is 275 Å². The molecule has 0 aliphatic rings. The molecule has 7 aromatic carbocycles. The lowest BCUT2D eigenvalue weighted by molar-refractivity contribution is 1.19. The fourth-order valence-electron chi connectivity index (χ4n) is 6.70. The SMILES string of the molecule is C/C=C\C=C(/N)c1cccc(-c2ccc3c(ccc4c5ccc(-c6ccc(-c7ccccc7)cc6)cc5n(-c5ccccc5)c34)c2)c1. The molecule has 47 heavy (non-hydrogen) atoms. The van der Waals surface area contributed by atoms with E-state index in [1.54, 1.807) is 0 Å². The van der Waals surface area contributed by atoms with Crippen LogP contribution in [-0.2, 0) is 0 Å². The van der Waals surface area contributed by atoms with Crippen LogP contribution in [-0.4, -0.2) is 4.57 Å². The van der Waals surface area contributed by atoms with Crippen LogP contribution in [0.15, 0.2) is 176 Å². The second-order valence-corrected chi connectivity index (χ2v) is 12.0. The number of nitrogens with two attached hydrogens (primary N) is 1. The second kappa shape index (κ2) is 12.0. The van der Waals surface area contributed by atoms with Crippen LogP contribution in [0.25, 0.3) is 77.3 Å². The highest BCUT2D eigenvalue weighted by atomic mass is 15.0.